The van der Waals surface area contributed by atoms with Crippen LogP contribution in [0.2, 0.25) is 0 Å². The van der Waals surface area contributed by atoms with E-state index in [1.807, 2.05) is 6.07 Å². The Kier molecular flexibility index (Phi) is 3.52. The Labute approximate surface area is 111 Å². The van der Waals surface area contributed by atoms with Gasteiger partial charge in [-0.1, -0.05) is 58.0 Å². The van der Waals surface area contributed by atoms with Crippen molar-refractivity contribution < 1.29 is 0 Å². The van der Waals surface area contributed by atoms with Crippen molar-refractivity contribution in [3.8, 4) is 0 Å². The van der Waals surface area contributed by atoms with Crippen molar-refractivity contribution in [2.45, 2.75) is 46.2 Å². The molecule has 1 aliphatic rings. The third kappa shape index (κ3) is 2.45. The topological polar surface area (TPSA) is 38.0 Å². The Morgan fingerprint density at radius 2 is 1.67 bits per heavy atom. The van der Waals surface area contributed by atoms with Gasteiger partial charge in [0, 0.05) is 18.6 Å². The lowest BCUT2D eigenvalue weighted by Crippen LogP contribution is -2.38. The van der Waals surface area contributed by atoms with Gasteiger partial charge in [-0.15, -0.1) is 0 Å². The number of benzene rings is 1. The summed E-state index contributed by atoms with van der Waals surface area (Å²) >= 11 is 0. The van der Waals surface area contributed by atoms with Crippen LogP contribution in [0.5, 0.6) is 0 Å². The first kappa shape index (κ1) is 13.6. The van der Waals surface area contributed by atoms with Gasteiger partial charge < -0.3 is 11.1 Å². The molecule has 2 nitrogen and oxygen atoms in total. The lowest BCUT2D eigenvalue weighted by molar-refractivity contribution is 0.457. The molecule has 0 heterocycles. The molecule has 0 bridgehead atoms. The van der Waals surface area contributed by atoms with E-state index in [0.717, 1.165) is 13.0 Å². The Morgan fingerprint density at radius 3 is 2.17 bits per heavy atom. The molecule has 2 rings (SSSR count). The van der Waals surface area contributed by atoms with Crippen LogP contribution in [0.25, 0.3) is 0 Å². The molecular weight excluding hydrogens is 220 g/mol. The van der Waals surface area contributed by atoms with E-state index in [-0.39, 0.29) is 6.04 Å². The van der Waals surface area contributed by atoms with Crippen molar-refractivity contribution >= 4 is 0 Å². The summed E-state index contributed by atoms with van der Waals surface area (Å²) in [6.45, 7) is 10.2. The molecule has 1 fully saturated rings. The van der Waals surface area contributed by atoms with Gasteiger partial charge in [-0.2, -0.15) is 0 Å². The highest BCUT2D eigenvalue weighted by molar-refractivity contribution is 5.19. The van der Waals surface area contributed by atoms with Crippen molar-refractivity contribution in [1.29, 1.82) is 0 Å². The summed E-state index contributed by atoms with van der Waals surface area (Å²) in [7, 11) is 0. The molecular formula is C16H26N2. The average Bonchev–Trinajstić information content (AvgIpc) is 2.68. The van der Waals surface area contributed by atoms with Gasteiger partial charge in [-0.25, -0.2) is 0 Å². The number of hydrogen-bond donors (Lipinski definition) is 2. The molecule has 3 N–H and O–H groups in total. The molecule has 0 amide bonds. The van der Waals surface area contributed by atoms with E-state index in [1.165, 1.54) is 5.56 Å². The first-order valence-electron chi connectivity index (χ1n) is 6.88. The Morgan fingerprint density at radius 1 is 1.11 bits per heavy atom. The van der Waals surface area contributed by atoms with Crippen LogP contribution >= 0.6 is 0 Å². The zero-order chi connectivity index (χ0) is 13.4. The molecule has 1 aromatic rings. The Balaban J connectivity index is 1.79. The molecule has 18 heavy (non-hydrogen) atoms. The number of nitrogens with one attached hydrogen (secondary N) is 1. The lowest BCUT2D eigenvalue weighted by atomic mass is 10.0. The van der Waals surface area contributed by atoms with Gasteiger partial charge >= 0.3 is 0 Å². The van der Waals surface area contributed by atoms with Gasteiger partial charge in [-0.05, 0) is 22.8 Å². The molecule has 1 aromatic carbocycles. The first-order chi connectivity index (χ1) is 8.35. The zero-order valence-electron chi connectivity index (χ0n) is 12.0. The summed E-state index contributed by atoms with van der Waals surface area (Å²) in [5.74, 6) is 0. The molecule has 1 aliphatic carbocycles. The third-order valence-corrected chi connectivity index (χ3v) is 4.95. The average molecular weight is 246 g/mol. The summed E-state index contributed by atoms with van der Waals surface area (Å²) in [5.41, 5.74) is 8.29. The second-order valence-corrected chi connectivity index (χ2v) is 6.73. The summed E-state index contributed by atoms with van der Waals surface area (Å²) in [6, 6.07) is 11.3. The largest absolute Gasteiger partial charge is 0.326 e. The van der Waals surface area contributed by atoms with E-state index >= 15 is 0 Å². The minimum absolute atomic E-state index is 0.194. The SMILES string of the molecule is CC1(C)C(NCC(N)Cc2ccccc2)C1(C)C. The maximum absolute atomic E-state index is 6.20. The van der Waals surface area contributed by atoms with Gasteiger partial charge in [0.1, 0.15) is 0 Å². The molecule has 2 heteroatoms. The van der Waals surface area contributed by atoms with Crippen LogP contribution in [-0.2, 0) is 6.42 Å². The molecule has 1 unspecified atom stereocenters. The summed E-state index contributed by atoms with van der Waals surface area (Å²) in [6.07, 6.45) is 0.946. The molecule has 0 radical (unpaired) electrons. The summed E-state index contributed by atoms with van der Waals surface area (Å²) in [4.78, 5) is 0. The fraction of sp³-hybridized carbons (Fsp3) is 0.625. The van der Waals surface area contributed by atoms with Crippen molar-refractivity contribution in [1.82, 2.24) is 5.32 Å². The van der Waals surface area contributed by atoms with Gasteiger partial charge in [-0.3, -0.25) is 0 Å². The van der Waals surface area contributed by atoms with Gasteiger partial charge in [0.15, 0.2) is 0 Å². The van der Waals surface area contributed by atoms with Crippen molar-refractivity contribution in [3.63, 3.8) is 0 Å². The minimum Gasteiger partial charge on any atom is -0.326 e. The monoisotopic (exact) mass is 246 g/mol. The van der Waals surface area contributed by atoms with Crippen LogP contribution in [0.1, 0.15) is 33.3 Å². The number of hydrogen-bond acceptors (Lipinski definition) is 2. The predicted octanol–water partition coefficient (Wildman–Crippen LogP) is 2.58. The van der Waals surface area contributed by atoms with Crippen LogP contribution in [-0.4, -0.2) is 18.6 Å². The Hall–Kier alpha value is -0.860. The summed E-state index contributed by atoms with van der Waals surface area (Å²) in [5, 5.41) is 3.63. The minimum atomic E-state index is 0.194. The maximum atomic E-state index is 6.20. The normalized spacial score (nSPS) is 22.7. The van der Waals surface area contributed by atoms with Crippen molar-refractivity contribution in [2.75, 3.05) is 6.54 Å². The number of nitrogens with two attached hydrogens (primary N) is 1. The van der Waals surface area contributed by atoms with E-state index in [0.29, 0.717) is 16.9 Å². The molecule has 0 aliphatic heterocycles. The standard InChI is InChI=1S/C16H26N2/c1-15(2)14(16(15,3)4)18-11-13(17)10-12-8-6-5-7-9-12/h5-9,13-14,18H,10-11,17H2,1-4H3. The Bertz CT molecular complexity index is 381. The molecule has 1 saturated carbocycles. The zero-order valence-corrected chi connectivity index (χ0v) is 12.0. The second-order valence-electron chi connectivity index (χ2n) is 6.73. The molecule has 0 saturated heterocycles. The first-order valence-corrected chi connectivity index (χ1v) is 6.88. The van der Waals surface area contributed by atoms with Gasteiger partial charge in [0.2, 0.25) is 0 Å². The maximum Gasteiger partial charge on any atom is 0.0206 e. The highest BCUT2D eigenvalue weighted by Gasteiger charge is 2.64. The fourth-order valence-electron chi connectivity index (χ4n) is 2.96. The van der Waals surface area contributed by atoms with Crippen LogP contribution < -0.4 is 11.1 Å². The van der Waals surface area contributed by atoms with Crippen molar-refractivity contribution in [3.05, 3.63) is 35.9 Å². The smallest absolute Gasteiger partial charge is 0.0206 e. The summed E-state index contributed by atoms with van der Waals surface area (Å²) < 4.78 is 0. The molecule has 1 atom stereocenters. The fourth-order valence-corrected chi connectivity index (χ4v) is 2.96. The van der Waals surface area contributed by atoms with E-state index < -0.39 is 0 Å². The third-order valence-electron chi connectivity index (χ3n) is 4.95. The van der Waals surface area contributed by atoms with Crippen LogP contribution in [0.3, 0.4) is 0 Å². The van der Waals surface area contributed by atoms with E-state index in [1.54, 1.807) is 0 Å². The van der Waals surface area contributed by atoms with Gasteiger partial charge in [0.05, 0.1) is 0 Å². The van der Waals surface area contributed by atoms with E-state index in [2.05, 4.69) is 57.3 Å². The van der Waals surface area contributed by atoms with Gasteiger partial charge in [0.25, 0.3) is 0 Å². The van der Waals surface area contributed by atoms with E-state index in [4.69, 9.17) is 5.73 Å². The highest BCUT2D eigenvalue weighted by Crippen LogP contribution is 2.62. The number of rotatable bonds is 5. The van der Waals surface area contributed by atoms with E-state index in [9.17, 15) is 0 Å². The predicted molar refractivity (Wildman–Crippen MR) is 77.5 cm³/mol. The van der Waals surface area contributed by atoms with Crippen LogP contribution in [0.4, 0.5) is 0 Å². The van der Waals surface area contributed by atoms with Crippen LogP contribution in [0, 0.1) is 10.8 Å². The second kappa shape index (κ2) is 4.67. The molecule has 0 aromatic heterocycles. The quantitative estimate of drug-likeness (QED) is 0.838. The molecule has 100 valence electrons. The highest BCUT2D eigenvalue weighted by atomic mass is 15.1. The lowest BCUT2D eigenvalue weighted by Gasteiger charge is -2.14. The van der Waals surface area contributed by atoms with Crippen molar-refractivity contribution in [2.24, 2.45) is 16.6 Å². The molecule has 0 spiro atoms. The van der Waals surface area contributed by atoms with Crippen LogP contribution in [0.15, 0.2) is 30.3 Å².